The van der Waals surface area contributed by atoms with Crippen LogP contribution in [0.15, 0.2) is 24.4 Å². The molecule has 0 radical (unpaired) electrons. The van der Waals surface area contributed by atoms with Gasteiger partial charge in [-0.05, 0) is 51.4 Å². The average Bonchev–Trinajstić information content (AvgIpc) is 2.90. The number of hydrogen-bond donors (Lipinski definition) is 2. The van der Waals surface area contributed by atoms with Gasteiger partial charge in [0.15, 0.2) is 5.78 Å². The van der Waals surface area contributed by atoms with E-state index in [1.165, 1.54) is 0 Å². The molecule has 2 N–H and O–H groups in total. The third kappa shape index (κ3) is 2.95. The SMILES string of the molecule is CC(C)Oc1ccc2[nH]cc(C(=O)C3CCCCN3)c2c1. The van der Waals surface area contributed by atoms with Gasteiger partial charge < -0.3 is 15.0 Å². The van der Waals surface area contributed by atoms with Crippen LogP contribution in [0.1, 0.15) is 43.5 Å². The van der Waals surface area contributed by atoms with Crippen LogP contribution < -0.4 is 10.1 Å². The number of ketones is 1. The van der Waals surface area contributed by atoms with E-state index in [0.29, 0.717) is 0 Å². The van der Waals surface area contributed by atoms with Crippen LogP contribution in [0.4, 0.5) is 0 Å². The third-order valence-electron chi connectivity index (χ3n) is 3.92. The number of nitrogens with one attached hydrogen (secondary N) is 2. The molecule has 4 nitrogen and oxygen atoms in total. The lowest BCUT2D eigenvalue weighted by Gasteiger charge is -2.21. The van der Waals surface area contributed by atoms with Crippen molar-refractivity contribution < 1.29 is 9.53 Å². The van der Waals surface area contributed by atoms with Crippen molar-refractivity contribution in [3.63, 3.8) is 0 Å². The number of rotatable bonds is 4. The molecule has 3 rings (SSSR count). The van der Waals surface area contributed by atoms with Crippen molar-refractivity contribution in [2.75, 3.05) is 6.54 Å². The quantitative estimate of drug-likeness (QED) is 0.848. The van der Waals surface area contributed by atoms with Crippen LogP contribution in [-0.2, 0) is 0 Å². The van der Waals surface area contributed by atoms with E-state index in [4.69, 9.17) is 4.74 Å². The lowest BCUT2D eigenvalue weighted by Crippen LogP contribution is -2.40. The number of piperidine rings is 1. The van der Waals surface area contributed by atoms with E-state index in [-0.39, 0.29) is 17.9 Å². The molecule has 1 aliphatic rings. The largest absolute Gasteiger partial charge is 0.491 e. The molecule has 4 heteroatoms. The molecular weight excluding hydrogens is 264 g/mol. The Morgan fingerprint density at radius 1 is 1.33 bits per heavy atom. The molecule has 0 bridgehead atoms. The van der Waals surface area contributed by atoms with Gasteiger partial charge in [-0.15, -0.1) is 0 Å². The minimum absolute atomic E-state index is 0.0487. The summed E-state index contributed by atoms with van der Waals surface area (Å²) < 4.78 is 5.73. The molecule has 1 fully saturated rings. The van der Waals surface area contributed by atoms with Crippen LogP contribution in [0.5, 0.6) is 5.75 Å². The smallest absolute Gasteiger partial charge is 0.181 e. The van der Waals surface area contributed by atoms with Crippen LogP contribution in [0.3, 0.4) is 0 Å². The van der Waals surface area contributed by atoms with Gasteiger partial charge in [0.05, 0.1) is 12.1 Å². The first-order valence-electron chi connectivity index (χ1n) is 7.70. The van der Waals surface area contributed by atoms with Crippen molar-refractivity contribution in [2.24, 2.45) is 0 Å². The topological polar surface area (TPSA) is 54.1 Å². The minimum atomic E-state index is -0.0487. The molecule has 112 valence electrons. The molecule has 21 heavy (non-hydrogen) atoms. The number of Topliss-reactive ketones (excluding diaryl/α,β-unsaturated/α-hetero) is 1. The van der Waals surface area contributed by atoms with Crippen LogP contribution in [-0.4, -0.2) is 29.5 Å². The third-order valence-corrected chi connectivity index (χ3v) is 3.92. The molecule has 0 amide bonds. The predicted molar refractivity (Wildman–Crippen MR) is 84.0 cm³/mol. The Kier molecular flexibility index (Phi) is 3.97. The van der Waals surface area contributed by atoms with E-state index in [9.17, 15) is 4.79 Å². The number of carbonyl (C=O) groups excluding carboxylic acids is 1. The van der Waals surface area contributed by atoms with Gasteiger partial charge in [0, 0.05) is 22.7 Å². The fourth-order valence-corrected chi connectivity index (χ4v) is 2.91. The van der Waals surface area contributed by atoms with Crippen LogP contribution >= 0.6 is 0 Å². The van der Waals surface area contributed by atoms with Crippen molar-refractivity contribution in [1.82, 2.24) is 10.3 Å². The van der Waals surface area contributed by atoms with E-state index in [1.54, 1.807) is 0 Å². The summed E-state index contributed by atoms with van der Waals surface area (Å²) in [5, 5.41) is 4.27. The van der Waals surface area contributed by atoms with Crippen molar-refractivity contribution in [1.29, 1.82) is 0 Å². The second-order valence-electron chi connectivity index (χ2n) is 5.94. The van der Waals surface area contributed by atoms with Gasteiger partial charge in [-0.2, -0.15) is 0 Å². The molecule has 1 saturated heterocycles. The van der Waals surface area contributed by atoms with Crippen molar-refractivity contribution in [3.8, 4) is 5.75 Å². The van der Waals surface area contributed by atoms with E-state index < -0.39 is 0 Å². The molecule has 1 aliphatic heterocycles. The van der Waals surface area contributed by atoms with Crippen LogP contribution in [0.25, 0.3) is 10.9 Å². The minimum Gasteiger partial charge on any atom is -0.491 e. The number of benzene rings is 1. The number of fused-ring (bicyclic) bond motifs is 1. The Morgan fingerprint density at radius 2 is 2.19 bits per heavy atom. The predicted octanol–water partition coefficient (Wildman–Crippen LogP) is 3.28. The zero-order valence-electron chi connectivity index (χ0n) is 12.6. The lowest BCUT2D eigenvalue weighted by atomic mass is 9.96. The Bertz CT molecular complexity index is 639. The highest BCUT2D eigenvalue weighted by Gasteiger charge is 2.24. The molecule has 1 aromatic carbocycles. The summed E-state index contributed by atoms with van der Waals surface area (Å²) in [4.78, 5) is 15.9. The molecule has 0 aliphatic carbocycles. The number of aromatic amines is 1. The normalized spacial score (nSPS) is 19.1. The molecule has 1 aromatic heterocycles. The van der Waals surface area contributed by atoms with E-state index in [1.807, 2.05) is 38.2 Å². The standard InChI is InChI=1S/C17H22N2O2/c1-11(2)21-12-6-7-15-13(9-12)14(10-19-15)17(20)16-5-3-4-8-18-16/h6-7,9-11,16,18-19H,3-5,8H2,1-2H3. The maximum Gasteiger partial charge on any atom is 0.181 e. The molecule has 0 saturated carbocycles. The number of aromatic nitrogens is 1. The number of carbonyl (C=O) groups is 1. The summed E-state index contributed by atoms with van der Waals surface area (Å²) in [6.45, 7) is 4.93. The lowest BCUT2D eigenvalue weighted by molar-refractivity contribution is 0.0929. The Labute approximate surface area is 124 Å². The fraction of sp³-hybridized carbons (Fsp3) is 0.471. The molecular formula is C17H22N2O2. The zero-order chi connectivity index (χ0) is 14.8. The second kappa shape index (κ2) is 5.90. The number of hydrogen-bond acceptors (Lipinski definition) is 3. The van der Waals surface area contributed by atoms with Gasteiger partial charge in [0.1, 0.15) is 5.75 Å². The summed E-state index contributed by atoms with van der Waals surface area (Å²) in [5.41, 5.74) is 1.74. The molecule has 1 atom stereocenters. The van der Waals surface area contributed by atoms with Crippen LogP contribution in [0.2, 0.25) is 0 Å². The highest BCUT2D eigenvalue weighted by atomic mass is 16.5. The van der Waals surface area contributed by atoms with E-state index in [0.717, 1.165) is 48.0 Å². The summed E-state index contributed by atoms with van der Waals surface area (Å²) in [7, 11) is 0. The maximum atomic E-state index is 12.7. The number of H-pyrrole nitrogens is 1. The first kappa shape index (κ1) is 14.1. The van der Waals surface area contributed by atoms with Crippen LogP contribution in [0, 0.1) is 0 Å². The summed E-state index contributed by atoms with van der Waals surface area (Å²) >= 11 is 0. The van der Waals surface area contributed by atoms with Gasteiger partial charge in [0.2, 0.25) is 0 Å². The summed E-state index contributed by atoms with van der Waals surface area (Å²) in [5.74, 6) is 0.991. The van der Waals surface area contributed by atoms with Gasteiger partial charge in [0.25, 0.3) is 0 Å². The molecule has 2 aromatic rings. The van der Waals surface area contributed by atoms with Crippen molar-refractivity contribution >= 4 is 16.7 Å². The number of ether oxygens (including phenoxy) is 1. The zero-order valence-corrected chi connectivity index (χ0v) is 12.6. The van der Waals surface area contributed by atoms with Gasteiger partial charge in [-0.25, -0.2) is 0 Å². The van der Waals surface area contributed by atoms with Crippen molar-refractivity contribution in [2.45, 2.75) is 45.3 Å². The molecule has 2 heterocycles. The van der Waals surface area contributed by atoms with Gasteiger partial charge in [-0.3, -0.25) is 4.79 Å². The monoisotopic (exact) mass is 286 g/mol. The van der Waals surface area contributed by atoms with E-state index in [2.05, 4.69) is 10.3 Å². The fourth-order valence-electron chi connectivity index (χ4n) is 2.91. The first-order chi connectivity index (χ1) is 10.1. The molecule has 0 spiro atoms. The highest BCUT2D eigenvalue weighted by Crippen LogP contribution is 2.26. The van der Waals surface area contributed by atoms with Gasteiger partial charge in [-0.1, -0.05) is 6.42 Å². The van der Waals surface area contributed by atoms with Crippen molar-refractivity contribution in [3.05, 3.63) is 30.0 Å². The Hall–Kier alpha value is -1.81. The highest BCUT2D eigenvalue weighted by molar-refractivity contribution is 6.10. The summed E-state index contributed by atoms with van der Waals surface area (Å²) in [6.07, 6.45) is 5.15. The van der Waals surface area contributed by atoms with E-state index >= 15 is 0 Å². The first-order valence-corrected chi connectivity index (χ1v) is 7.70. The average molecular weight is 286 g/mol. The second-order valence-corrected chi connectivity index (χ2v) is 5.94. The Balaban J connectivity index is 1.92. The maximum absolute atomic E-state index is 12.7. The summed E-state index contributed by atoms with van der Waals surface area (Å²) in [6, 6.07) is 5.82. The Morgan fingerprint density at radius 3 is 2.90 bits per heavy atom. The van der Waals surface area contributed by atoms with Gasteiger partial charge >= 0.3 is 0 Å². The molecule has 1 unspecified atom stereocenters.